The van der Waals surface area contributed by atoms with E-state index < -0.39 is 0 Å². The molecule has 126 valence electrons. The van der Waals surface area contributed by atoms with Gasteiger partial charge in [0, 0.05) is 12.1 Å². The average molecular weight is 419 g/mol. The largest absolute Gasteiger partial charge is 0.494 e. The molecule has 0 aliphatic rings. The molecule has 0 spiro atoms. The van der Waals surface area contributed by atoms with Crippen LogP contribution in [0.1, 0.15) is 46.1 Å². The molecule has 1 rings (SSSR count). The van der Waals surface area contributed by atoms with Gasteiger partial charge >= 0.3 is 0 Å². The number of guanidine groups is 1. The second kappa shape index (κ2) is 10.7. The van der Waals surface area contributed by atoms with Crippen molar-refractivity contribution >= 4 is 29.9 Å². The number of hydrogen-bond donors (Lipinski definition) is 2. The highest BCUT2D eigenvalue weighted by molar-refractivity contribution is 14.0. The summed E-state index contributed by atoms with van der Waals surface area (Å²) in [6, 6.07) is 8.21. The molecule has 0 aliphatic heterocycles. The van der Waals surface area contributed by atoms with Crippen molar-refractivity contribution in [2.24, 2.45) is 10.7 Å². The molecule has 1 aromatic carbocycles. The first-order chi connectivity index (χ1) is 9.90. The Morgan fingerprint density at radius 3 is 2.41 bits per heavy atom. The summed E-state index contributed by atoms with van der Waals surface area (Å²) in [4.78, 5) is 4.34. The van der Waals surface area contributed by atoms with Crippen LogP contribution in [0.5, 0.6) is 5.75 Å². The van der Waals surface area contributed by atoms with Crippen LogP contribution in [0, 0.1) is 0 Å². The van der Waals surface area contributed by atoms with Crippen molar-refractivity contribution in [1.82, 2.24) is 5.32 Å². The van der Waals surface area contributed by atoms with Gasteiger partial charge < -0.3 is 15.8 Å². The van der Waals surface area contributed by atoms with Crippen LogP contribution in [0.2, 0.25) is 0 Å². The predicted octanol–water partition coefficient (Wildman–Crippen LogP) is 3.73. The second-order valence-electron chi connectivity index (χ2n) is 6.24. The lowest BCUT2D eigenvalue weighted by atomic mass is 10.1. The number of hydrogen-bond acceptors (Lipinski definition) is 2. The number of nitrogens with two attached hydrogens (primary N) is 1. The molecule has 0 amide bonds. The molecule has 0 aromatic heterocycles. The molecule has 0 heterocycles. The zero-order valence-electron chi connectivity index (χ0n) is 14.2. The van der Waals surface area contributed by atoms with Gasteiger partial charge in [0.15, 0.2) is 5.96 Å². The number of nitrogens with zero attached hydrogens (tertiary/aromatic N) is 1. The van der Waals surface area contributed by atoms with E-state index in [2.05, 4.69) is 50.1 Å². The maximum atomic E-state index is 5.84. The molecule has 0 aliphatic carbocycles. The van der Waals surface area contributed by atoms with Crippen LogP contribution >= 0.6 is 24.0 Å². The molecule has 0 fully saturated rings. The normalized spacial score (nSPS) is 11.7. The minimum Gasteiger partial charge on any atom is -0.494 e. The van der Waals surface area contributed by atoms with E-state index in [9.17, 15) is 0 Å². The molecule has 3 N–H and O–H groups in total. The quantitative estimate of drug-likeness (QED) is 0.307. The topological polar surface area (TPSA) is 59.6 Å². The van der Waals surface area contributed by atoms with E-state index in [1.54, 1.807) is 0 Å². The van der Waals surface area contributed by atoms with Gasteiger partial charge in [-0.15, -0.1) is 24.0 Å². The Balaban J connectivity index is 0.00000441. The van der Waals surface area contributed by atoms with E-state index in [1.165, 1.54) is 5.56 Å². The zero-order valence-corrected chi connectivity index (χ0v) is 16.5. The summed E-state index contributed by atoms with van der Waals surface area (Å²) < 4.78 is 5.64. The van der Waals surface area contributed by atoms with Crippen molar-refractivity contribution in [3.8, 4) is 5.75 Å². The molecule has 0 bridgehead atoms. The highest BCUT2D eigenvalue weighted by atomic mass is 127. The van der Waals surface area contributed by atoms with E-state index in [-0.39, 0.29) is 29.5 Å². The third-order valence-corrected chi connectivity index (χ3v) is 2.88. The molecular formula is C17H30IN3O. The van der Waals surface area contributed by atoms with Crippen molar-refractivity contribution in [3.05, 3.63) is 29.8 Å². The van der Waals surface area contributed by atoms with Crippen LogP contribution in [-0.4, -0.2) is 24.7 Å². The minimum atomic E-state index is -0.0505. The highest BCUT2D eigenvalue weighted by Crippen LogP contribution is 2.13. The Morgan fingerprint density at radius 2 is 1.86 bits per heavy atom. The van der Waals surface area contributed by atoms with Gasteiger partial charge in [0.05, 0.1) is 6.61 Å². The molecule has 0 radical (unpaired) electrons. The lowest BCUT2D eigenvalue weighted by Gasteiger charge is -2.20. The Morgan fingerprint density at radius 1 is 1.23 bits per heavy atom. The van der Waals surface area contributed by atoms with Crippen LogP contribution in [0.4, 0.5) is 0 Å². The first-order valence-electron chi connectivity index (χ1n) is 7.70. The van der Waals surface area contributed by atoms with E-state index in [0.29, 0.717) is 12.5 Å². The number of unbranched alkanes of at least 4 members (excludes halogenated alkanes) is 1. The van der Waals surface area contributed by atoms with Crippen LogP contribution < -0.4 is 15.8 Å². The average Bonchev–Trinajstić information content (AvgIpc) is 2.39. The lowest BCUT2D eigenvalue weighted by Crippen LogP contribution is -2.45. The van der Waals surface area contributed by atoms with Crippen molar-refractivity contribution in [3.63, 3.8) is 0 Å². The van der Waals surface area contributed by atoms with Crippen molar-refractivity contribution in [2.75, 3.05) is 13.2 Å². The Bertz CT molecular complexity index is 438. The summed E-state index contributed by atoms with van der Waals surface area (Å²) in [6.45, 7) is 9.82. The first kappa shape index (κ1) is 21.0. The van der Waals surface area contributed by atoms with E-state index in [1.807, 2.05) is 12.1 Å². The predicted molar refractivity (Wildman–Crippen MR) is 105 cm³/mol. The number of rotatable bonds is 7. The van der Waals surface area contributed by atoms with Gasteiger partial charge in [-0.25, -0.2) is 0 Å². The molecule has 1 aromatic rings. The summed E-state index contributed by atoms with van der Waals surface area (Å²) >= 11 is 0. The standard InChI is InChI=1S/C17H29N3O.HI/c1-5-6-13-21-15-9-7-14(8-10-15)11-12-19-16(18)20-17(2,3)4;/h7-10H,5-6,11-13H2,1-4H3,(H3,18,19,20);1H. The van der Waals surface area contributed by atoms with Crippen molar-refractivity contribution in [1.29, 1.82) is 0 Å². The molecule has 0 unspecified atom stereocenters. The molecule has 0 saturated heterocycles. The third kappa shape index (κ3) is 9.87. The Hall–Kier alpha value is -0.980. The molecule has 5 heteroatoms. The fraction of sp³-hybridized carbons (Fsp3) is 0.588. The van der Waals surface area contributed by atoms with Gasteiger partial charge in [-0.3, -0.25) is 4.99 Å². The minimum absolute atomic E-state index is 0. The zero-order chi connectivity index (χ0) is 15.7. The number of aliphatic imine (C=N–C) groups is 1. The summed E-state index contributed by atoms with van der Waals surface area (Å²) in [5, 5.41) is 3.15. The van der Waals surface area contributed by atoms with Gasteiger partial charge in [0.1, 0.15) is 5.75 Å². The smallest absolute Gasteiger partial charge is 0.188 e. The number of benzene rings is 1. The Kier molecular flexibility index (Phi) is 10.2. The van der Waals surface area contributed by atoms with Crippen LogP contribution in [0.15, 0.2) is 29.3 Å². The molecular weight excluding hydrogens is 389 g/mol. The molecule has 0 atom stereocenters. The molecule has 0 saturated carbocycles. The van der Waals surface area contributed by atoms with Crippen LogP contribution in [0.25, 0.3) is 0 Å². The van der Waals surface area contributed by atoms with E-state index >= 15 is 0 Å². The van der Waals surface area contributed by atoms with E-state index in [4.69, 9.17) is 10.5 Å². The summed E-state index contributed by atoms with van der Waals surface area (Å²) in [7, 11) is 0. The highest BCUT2D eigenvalue weighted by Gasteiger charge is 2.09. The van der Waals surface area contributed by atoms with Crippen LogP contribution in [-0.2, 0) is 6.42 Å². The third-order valence-electron chi connectivity index (χ3n) is 2.88. The van der Waals surface area contributed by atoms with Crippen molar-refractivity contribution in [2.45, 2.75) is 52.5 Å². The SMILES string of the molecule is CCCCOc1ccc(CCN=C(N)NC(C)(C)C)cc1.I. The fourth-order valence-corrected chi connectivity index (χ4v) is 1.82. The first-order valence-corrected chi connectivity index (χ1v) is 7.70. The summed E-state index contributed by atoms with van der Waals surface area (Å²) in [5.74, 6) is 1.44. The summed E-state index contributed by atoms with van der Waals surface area (Å²) in [6.07, 6.45) is 3.12. The maximum absolute atomic E-state index is 5.84. The van der Waals surface area contributed by atoms with Gasteiger partial charge in [0.2, 0.25) is 0 Å². The lowest BCUT2D eigenvalue weighted by molar-refractivity contribution is 0.309. The van der Waals surface area contributed by atoms with Crippen molar-refractivity contribution < 1.29 is 4.74 Å². The molecule has 22 heavy (non-hydrogen) atoms. The Labute approximate surface area is 151 Å². The monoisotopic (exact) mass is 419 g/mol. The number of halogens is 1. The van der Waals surface area contributed by atoms with Gasteiger partial charge in [0.25, 0.3) is 0 Å². The van der Waals surface area contributed by atoms with Crippen LogP contribution in [0.3, 0.4) is 0 Å². The number of nitrogens with one attached hydrogen (secondary N) is 1. The van der Waals surface area contributed by atoms with Gasteiger partial charge in [-0.2, -0.15) is 0 Å². The molecule has 4 nitrogen and oxygen atoms in total. The summed E-state index contributed by atoms with van der Waals surface area (Å²) in [5.41, 5.74) is 7.03. The second-order valence-corrected chi connectivity index (χ2v) is 6.24. The number of ether oxygens (including phenoxy) is 1. The van der Waals surface area contributed by atoms with Gasteiger partial charge in [-0.1, -0.05) is 25.5 Å². The van der Waals surface area contributed by atoms with Gasteiger partial charge in [-0.05, 0) is 51.3 Å². The maximum Gasteiger partial charge on any atom is 0.188 e. The fourth-order valence-electron chi connectivity index (χ4n) is 1.82. The van der Waals surface area contributed by atoms with E-state index in [0.717, 1.165) is 31.6 Å².